The summed E-state index contributed by atoms with van der Waals surface area (Å²) in [5.41, 5.74) is 6.71. The van der Waals surface area contributed by atoms with Crippen molar-refractivity contribution in [1.82, 2.24) is 4.68 Å². The minimum atomic E-state index is 0.468. The van der Waals surface area contributed by atoms with Gasteiger partial charge in [0.2, 0.25) is 0 Å². The van der Waals surface area contributed by atoms with E-state index >= 15 is 0 Å². The third-order valence-corrected chi connectivity index (χ3v) is 4.82. The Morgan fingerprint density at radius 2 is 1.94 bits per heavy atom. The summed E-state index contributed by atoms with van der Waals surface area (Å²) in [4.78, 5) is 0. The molecule has 1 atom stereocenters. The highest BCUT2D eigenvalue weighted by molar-refractivity contribution is 7.99. The molecular weight excluding hydrogens is 216 g/mol. The highest BCUT2D eigenvalue weighted by atomic mass is 32.2. The van der Waals surface area contributed by atoms with Gasteiger partial charge in [0, 0.05) is 17.1 Å². The van der Waals surface area contributed by atoms with E-state index in [9.17, 15) is 0 Å². The van der Waals surface area contributed by atoms with Crippen molar-refractivity contribution in [2.45, 2.75) is 40.2 Å². The van der Waals surface area contributed by atoms with Crippen molar-refractivity contribution >= 4 is 11.8 Å². The van der Waals surface area contributed by atoms with Crippen molar-refractivity contribution in [3.63, 3.8) is 0 Å². The number of thioether (sulfide) groups is 1. The molecule has 1 aliphatic rings. The van der Waals surface area contributed by atoms with E-state index in [1.165, 1.54) is 29.3 Å². The Balaban J connectivity index is 2.05. The maximum absolute atomic E-state index is 3.65. The fourth-order valence-electron chi connectivity index (χ4n) is 2.40. The lowest BCUT2D eigenvalue weighted by atomic mass is 9.88. The number of rotatable bonds is 2. The Kier molecular flexibility index (Phi) is 3.24. The summed E-state index contributed by atoms with van der Waals surface area (Å²) in [6, 6.07) is 4.94. The summed E-state index contributed by atoms with van der Waals surface area (Å²) in [7, 11) is 0. The molecule has 90 valence electrons. The standard InChI is InChI=1S/C13H22N2S/c1-10-5-6-11(2)15(10)14-12-7-13(3,4)9-16-8-12/h5-6,12,14H,7-9H2,1-4H3. The highest BCUT2D eigenvalue weighted by Gasteiger charge is 2.28. The second-order valence-electron chi connectivity index (χ2n) is 5.66. The van der Waals surface area contributed by atoms with Crippen molar-refractivity contribution < 1.29 is 0 Å². The van der Waals surface area contributed by atoms with E-state index in [0.29, 0.717) is 11.5 Å². The normalized spacial score (nSPS) is 24.4. The largest absolute Gasteiger partial charge is 0.322 e. The zero-order chi connectivity index (χ0) is 11.8. The van der Waals surface area contributed by atoms with Crippen molar-refractivity contribution in [3.05, 3.63) is 23.5 Å². The van der Waals surface area contributed by atoms with Gasteiger partial charge < -0.3 is 5.43 Å². The average molecular weight is 238 g/mol. The Hall–Kier alpha value is -0.570. The van der Waals surface area contributed by atoms with E-state index in [1.54, 1.807) is 0 Å². The second kappa shape index (κ2) is 4.36. The molecule has 0 saturated carbocycles. The smallest absolute Gasteiger partial charge is 0.0520 e. The van der Waals surface area contributed by atoms with E-state index in [4.69, 9.17) is 0 Å². The summed E-state index contributed by atoms with van der Waals surface area (Å²) in [5, 5.41) is 0. The molecule has 0 amide bonds. The van der Waals surface area contributed by atoms with Gasteiger partial charge in [0.05, 0.1) is 6.04 Å². The van der Waals surface area contributed by atoms with Crippen LogP contribution in [0.15, 0.2) is 12.1 Å². The second-order valence-corrected chi connectivity index (χ2v) is 6.69. The van der Waals surface area contributed by atoms with Crippen molar-refractivity contribution in [3.8, 4) is 0 Å². The van der Waals surface area contributed by atoms with Crippen LogP contribution in [0, 0.1) is 19.3 Å². The molecule has 0 aromatic carbocycles. The Morgan fingerprint density at radius 3 is 2.50 bits per heavy atom. The summed E-state index contributed by atoms with van der Waals surface area (Å²) < 4.78 is 2.23. The number of nitrogens with one attached hydrogen (secondary N) is 1. The van der Waals surface area contributed by atoms with Crippen LogP contribution in [0.3, 0.4) is 0 Å². The minimum Gasteiger partial charge on any atom is -0.322 e. The summed E-state index contributed by atoms with van der Waals surface area (Å²) in [5.74, 6) is 2.51. The van der Waals surface area contributed by atoms with E-state index in [-0.39, 0.29) is 0 Å². The first-order valence-corrected chi connectivity index (χ1v) is 7.13. The maximum atomic E-state index is 3.65. The zero-order valence-electron chi connectivity index (χ0n) is 10.7. The number of aromatic nitrogens is 1. The monoisotopic (exact) mass is 238 g/mol. The van der Waals surface area contributed by atoms with Gasteiger partial charge in [-0.1, -0.05) is 13.8 Å². The topological polar surface area (TPSA) is 17.0 Å². The van der Waals surface area contributed by atoms with Crippen molar-refractivity contribution in [2.24, 2.45) is 5.41 Å². The van der Waals surface area contributed by atoms with Gasteiger partial charge in [0.1, 0.15) is 0 Å². The molecule has 1 N–H and O–H groups in total. The first-order chi connectivity index (χ1) is 7.48. The van der Waals surface area contributed by atoms with Crippen LogP contribution in [0.1, 0.15) is 31.7 Å². The predicted molar refractivity (Wildman–Crippen MR) is 72.8 cm³/mol. The highest BCUT2D eigenvalue weighted by Crippen LogP contribution is 2.33. The van der Waals surface area contributed by atoms with Gasteiger partial charge in [-0.3, -0.25) is 4.68 Å². The van der Waals surface area contributed by atoms with Crippen LogP contribution in [0.2, 0.25) is 0 Å². The fraction of sp³-hybridized carbons (Fsp3) is 0.692. The lowest BCUT2D eigenvalue weighted by Crippen LogP contribution is -2.39. The molecular formula is C13H22N2S. The first kappa shape index (κ1) is 11.9. The van der Waals surface area contributed by atoms with Gasteiger partial charge in [-0.2, -0.15) is 11.8 Å². The summed E-state index contributed by atoms with van der Waals surface area (Å²) in [6.45, 7) is 9.04. The molecule has 2 rings (SSSR count). The molecule has 1 fully saturated rings. The quantitative estimate of drug-likeness (QED) is 0.852. The lowest BCUT2D eigenvalue weighted by Gasteiger charge is -2.36. The molecule has 1 aromatic heterocycles. The SMILES string of the molecule is Cc1ccc(C)n1NC1CSCC(C)(C)C1. The van der Waals surface area contributed by atoms with E-state index in [1.807, 2.05) is 0 Å². The molecule has 16 heavy (non-hydrogen) atoms. The van der Waals surface area contributed by atoms with Gasteiger partial charge in [0.25, 0.3) is 0 Å². The first-order valence-electron chi connectivity index (χ1n) is 5.97. The molecule has 1 unspecified atom stereocenters. The zero-order valence-corrected chi connectivity index (χ0v) is 11.5. The Bertz CT molecular complexity index is 349. The summed E-state index contributed by atoms with van der Waals surface area (Å²) >= 11 is 2.07. The molecule has 1 aromatic rings. The van der Waals surface area contributed by atoms with Gasteiger partial charge in [0.15, 0.2) is 0 Å². The molecule has 0 aliphatic carbocycles. The summed E-state index contributed by atoms with van der Waals surface area (Å²) in [6.07, 6.45) is 1.26. The molecule has 0 bridgehead atoms. The van der Waals surface area contributed by atoms with Crippen LogP contribution in [0.25, 0.3) is 0 Å². The van der Waals surface area contributed by atoms with Crippen LogP contribution in [-0.4, -0.2) is 22.2 Å². The molecule has 1 saturated heterocycles. The minimum absolute atomic E-state index is 0.468. The van der Waals surface area contributed by atoms with Crippen LogP contribution in [-0.2, 0) is 0 Å². The van der Waals surface area contributed by atoms with Crippen LogP contribution < -0.4 is 5.43 Å². The van der Waals surface area contributed by atoms with Crippen molar-refractivity contribution in [2.75, 3.05) is 16.9 Å². The third-order valence-electron chi connectivity index (χ3n) is 3.19. The van der Waals surface area contributed by atoms with E-state index < -0.39 is 0 Å². The number of nitrogens with zero attached hydrogens (tertiary/aromatic N) is 1. The Labute approximate surface area is 103 Å². The Morgan fingerprint density at radius 1 is 1.31 bits per heavy atom. The van der Waals surface area contributed by atoms with Gasteiger partial charge in [-0.25, -0.2) is 0 Å². The number of aryl methyl sites for hydroxylation is 2. The van der Waals surface area contributed by atoms with Crippen LogP contribution in [0.4, 0.5) is 0 Å². The molecule has 1 aliphatic heterocycles. The molecule has 0 radical (unpaired) electrons. The predicted octanol–water partition coefficient (Wildman–Crippen LogP) is 3.18. The van der Waals surface area contributed by atoms with Gasteiger partial charge >= 0.3 is 0 Å². The van der Waals surface area contributed by atoms with Gasteiger partial charge in [-0.15, -0.1) is 0 Å². The lowest BCUT2D eigenvalue weighted by molar-refractivity contribution is 0.348. The molecule has 0 spiro atoms. The molecule has 2 nitrogen and oxygen atoms in total. The average Bonchev–Trinajstić information content (AvgIpc) is 2.48. The third kappa shape index (κ3) is 2.57. The van der Waals surface area contributed by atoms with E-state index in [0.717, 1.165) is 0 Å². The van der Waals surface area contributed by atoms with E-state index in [2.05, 4.69) is 61.7 Å². The molecule has 3 heteroatoms. The number of hydrogen-bond acceptors (Lipinski definition) is 2. The van der Waals surface area contributed by atoms with Crippen LogP contribution >= 0.6 is 11.8 Å². The van der Waals surface area contributed by atoms with Crippen LogP contribution in [0.5, 0.6) is 0 Å². The fourth-order valence-corrected chi connectivity index (χ4v) is 3.67. The van der Waals surface area contributed by atoms with Gasteiger partial charge in [-0.05, 0) is 43.6 Å². The van der Waals surface area contributed by atoms with Crippen molar-refractivity contribution in [1.29, 1.82) is 0 Å². The number of hydrogen-bond donors (Lipinski definition) is 1. The maximum Gasteiger partial charge on any atom is 0.0520 e. The molecule has 2 heterocycles.